The minimum absolute atomic E-state index is 0.0269. The summed E-state index contributed by atoms with van der Waals surface area (Å²) in [5.74, 6) is 0.390. The monoisotopic (exact) mass is 326 g/mol. The number of ether oxygens (including phenoxy) is 1. The first-order valence-electron chi connectivity index (χ1n) is 7.79. The van der Waals surface area contributed by atoms with Crippen molar-refractivity contribution in [2.24, 2.45) is 0 Å². The molecule has 5 heteroatoms. The Labute approximate surface area is 142 Å². The van der Waals surface area contributed by atoms with Gasteiger partial charge in [-0.1, -0.05) is 36.4 Å². The van der Waals surface area contributed by atoms with Gasteiger partial charge >= 0.3 is 0 Å². The van der Waals surface area contributed by atoms with Gasteiger partial charge in [0.1, 0.15) is 5.75 Å². The third-order valence-electron chi connectivity index (χ3n) is 3.71. The molecular weight excluding hydrogens is 304 g/mol. The van der Waals surface area contributed by atoms with E-state index < -0.39 is 0 Å². The van der Waals surface area contributed by atoms with E-state index in [2.05, 4.69) is 10.6 Å². The second-order valence-corrected chi connectivity index (χ2v) is 5.50. The lowest BCUT2D eigenvalue weighted by atomic mass is 10.1. The highest BCUT2D eigenvalue weighted by Crippen LogP contribution is 2.11. The predicted octanol–water partition coefficient (Wildman–Crippen LogP) is 1.98. The van der Waals surface area contributed by atoms with E-state index >= 15 is 0 Å². The molecule has 0 radical (unpaired) electrons. The molecule has 0 aromatic heterocycles. The molecule has 0 bridgehead atoms. The molecule has 0 fully saturated rings. The largest absolute Gasteiger partial charge is 0.497 e. The number of benzene rings is 2. The normalized spacial score (nSPS) is 10.1. The molecule has 5 nitrogen and oxygen atoms in total. The lowest BCUT2D eigenvalue weighted by molar-refractivity contribution is -0.125. The molecule has 2 amide bonds. The van der Waals surface area contributed by atoms with E-state index in [9.17, 15) is 9.59 Å². The molecule has 0 aliphatic rings. The van der Waals surface area contributed by atoms with Crippen LogP contribution >= 0.6 is 0 Å². The SMILES string of the molecule is COc1ccc(CNC(=O)CNC(=O)Cc2ccccc2C)cc1. The Morgan fingerprint density at radius 3 is 2.33 bits per heavy atom. The van der Waals surface area contributed by atoms with Crippen LogP contribution in [0.15, 0.2) is 48.5 Å². The molecule has 2 N–H and O–H groups in total. The number of aryl methyl sites for hydroxylation is 1. The van der Waals surface area contributed by atoms with Crippen molar-refractivity contribution in [3.05, 3.63) is 65.2 Å². The molecule has 0 atom stereocenters. The molecule has 0 saturated carbocycles. The van der Waals surface area contributed by atoms with Crippen molar-refractivity contribution in [3.63, 3.8) is 0 Å². The Hall–Kier alpha value is -2.82. The Bertz CT molecular complexity index is 696. The second-order valence-electron chi connectivity index (χ2n) is 5.50. The zero-order chi connectivity index (χ0) is 17.4. The van der Waals surface area contributed by atoms with E-state index in [1.54, 1.807) is 7.11 Å². The molecule has 24 heavy (non-hydrogen) atoms. The Morgan fingerprint density at radius 1 is 0.958 bits per heavy atom. The second kappa shape index (κ2) is 8.72. The summed E-state index contributed by atoms with van der Waals surface area (Å²) in [6.45, 7) is 2.35. The van der Waals surface area contributed by atoms with Crippen LogP contribution in [0.1, 0.15) is 16.7 Å². The van der Waals surface area contributed by atoms with Crippen LogP contribution in [0, 0.1) is 6.92 Å². The van der Waals surface area contributed by atoms with Crippen LogP contribution in [0.4, 0.5) is 0 Å². The van der Waals surface area contributed by atoms with Gasteiger partial charge in [0, 0.05) is 6.54 Å². The Kier molecular flexibility index (Phi) is 6.37. The summed E-state index contributed by atoms with van der Waals surface area (Å²) in [4.78, 5) is 23.7. The highest BCUT2D eigenvalue weighted by atomic mass is 16.5. The van der Waals surface area contributed by atoms with E-state index in [1.807, 2.05) is 55.5 Å². The van der Waals surface area contributed by atoms with Gasteiger partial charge in [-0.2, -0.15) is 0 Å². The van der Waals surface area contributed by atoms with Gasteiger partial charge in [-0.3, -0.25) is 9.59 Å². The van der Waals surface area contributed by atoms with Crippen LogP contribution in [-0.4, -0.2) is 25.5 Å². The van der Waals surface area contributed by atoms with Crippen molar-refractivity contribution < 1.29 is 14.3 Å². The van der Waals surface area contributed by atoms with Gasteiger partial charge in [-0.15, -0.1) is 0 Å². The fourth-order valence-corrected chi connectivity index (χ4v) is 2.23. The van der Waals surface area contributed by atoms with E-state index in [4.69, 9.17) is 4.74 Å². The summed E-state index contributed by atoms with van der Waals surface area (Å²) < 4.78 is 5.08. The zero-order valence-electron chi connectivity index (χ0n) is 14.0. The van der Waals surface area contributed by atoms with Gasteiger partial charge in [-0.25, -0.2) is 0 Å². The average molecular weight is 326 g/mol. The molecular formula is C19H22N2O3. The molecule has 2 aromatic rings. The molecule has 0 saturated heterocycles. The van der Waals surface area contributed by atoms with Crippen molar-refractivity contribution in [1.29, 1.82) is 0 Å². The van der Waals surface area contributed by atoms with Crippen LogP contribution in [0.3, 0.4) is 0 Å². The van der Waals surface area contributed by atoms with Gasteiger partial charge in [0.15, 0.2) is 0 Å². The van der Waals surface area contributed by atoms with Gasteiger partial charge in [0.05, 0.1) is 20.1 Å². The fourth-order valence-electron chi connectivity index (χ4n) is 2.23. The van der Waals surface area contributed by atoms with Gasteiger partial charge in [-0.05, 0) is 35.7 Å². The highest BCUT2D eigenvalue weighted by molar-refractivity contribution is 5.85. The van der Waals surface area contributed by atoms with Gasteiger partial charge in [0.25, 0.3) is 0 Å². The number of hydrogen-bond acceptors (Lipinski definition) is 3. The number of carbonyl (C=O) groups is 2. The van der Waals surface area contributed by atoms with Crippen molar-refractivity contribution in [2.75, 3.05) is 13.7 Å². The number of carbonyl (C=O) groups excluding carboxylic acids is 2. The molecule has 2 aromatic carbocycles. The summed E-state index contributed by atoms with van der Waals surface area (Å²) in [6, 6.07) is 15.2. The Morgan fingerprint density at radius 2 is 1.67 bits per heavy atom. The number of methoxy groups -OCH3 is 1. The van der Waals surface area contributed by atoms with Gasteiger partial charge in [0.2, 0.25) is 11.8 Å². The van der Waals surface area contributed by atoms with Crippen LogP contribution < -0.4 is 15.4 Å². The third-order valence-corrected chi connectivity index (χ3v) is 3.71. The minimum atomic E-state index is -0.219. The number of nitrogens with one attached hydrogen (secondary N) is 2. The lowest BCUT2D eigenvalue weighted by Crippen LogP contribution is -2.37. The summed E-state index contributed by atoms with van der Waals surface area (Å²) in [5.41, 5.74) is 3.00. The summed E-state index contributed by atoms with van der Waals surface area (Å²) >= 11 is 0. The first-order chi connectivity index (χ1) is 11.6. The lowest BCUT2D eigenvalue weighted by Gasteiger charge is -2.09. The molecule has 126 valence electrons. The Balaban J connectivity index is 1.72. The first kappa shape index (κ1) is 17.5. The van der Waals surface area contributed by atoms with E-state index in [0.29, 0.717) is 6.54 Å². The molecule has 0 unspecified atom stereocenters. The average Bonchev–Trinajstić information content (AvgIpc) is 2.60. The molecule has 0 heterocycles. The predicted molar refractivity (Wildman–Crippen MR) is 92.7 cm³/mol. The van der Waals surface area contributed by atoms with Crippen LogP contribution in [0.5, 0.6) is 5.75 Å². The van der Waals surface area contributed by atoms with Crippen molar-refractivity contribution in [3.8, 4) is 5.75 Å². The van der Waals surface area contributed by atoms with Crippen molar-refractivity contribution in [2.45, 2.75) is 19.9 Å². The van der Waals surface area contributed by atoms with Crippen molar-refractivity contribution >= 4 is 11.8 Å². The summed E-state index contributed by atoms with van der Waals surface area (Å²) in [7, 11) is 1.61. The fraction of sp³-hybridized carbons (Fsp3) is 0.263. The maximum Gasteiger partial charge on any atom is 0.239 e. The van der Waals surface area contributed by atoms with E-state index in [0.717, 1.165) is 22.4 Å². The number of hydrogen-bond donors (Lipinski definition) is 2. The zero-order valence-corrected chi connectivity index (χ0v) is 14.0. The highest BCUT2D eigenvalue weighted by Gasteiger charge is 2.08. The maximum atomic E-state index is 11.9. The number of rotatable bonds is 7. The third kappa shape index (κ3) is 5.43. The van der Waals surface area contributed by atoms with Crippen LogP contribution in [0.2, 0.25) is 0 Å². The summed E-state index contributed by atoms with van der Waals surface area (Å²) in [6.07, 6.45) is 0.276. The standard InChI is InChI=1S/C19H22N2O3/c1-14-5-3-4-6-16(14)11-18(22)21-13-19(23)20-12-15-7-9-17(24-2)10-8-15/h3-10H,11-13H2,1-2H3,(H,20,23)(H,21,22). The van der Waals surface area contributed by atoms with E-state index in [1.165, 1.54) is 0 Å². The number of amides is 2. The molecule has 0 aliphatic heterocycles. The molecule has 0 spiro atoms. The smallest absolute Gasteiger partial charge is 0.239 e. The maximum absolute atomic E-state index is 11.9. The van der Waals surface area contributed by atoms with Crippen molar-refractivity contribution in [1.82, 2.24) is 10.6 Å². The minimum Gasteiger partial charge on any atom is -0.497 e. The quantitative estimate of drug-likeness (QED) is 0.817. The summed E-state index contributed by atoms with van der Waals surface area (Å²) in [5, 5.41) is 5.41. The van der Waals surface area contributed by atoms with Crippen LogP contribution in [0.25, 0.3) is 0 Å². The molecule has 0 aliphatic carbocycles. The van der Waals surface area contributed by atoms with Gasteiger partial charge < -0.3 is 15.4 Å². The van der Waals surface area contributed by atoms with Crippen LogP contribution in [-0.2, 0) is 22.6 Å². The van der Waals surface area contributed by atoms with E-state index in [-0.39, 0.29) is 24.8 Å². The topological polar surface area (TPSA) is 67.4 Å². The molecule has 2 rings (SSSR count). The first-order valence-corrected chi connectivity index (χ1v) is 7.79.